The first-order chi connectivity index (χ1) is 12.3. The predicted molar refractivity (Wildman–Crippen MR) is 105 cm³/mol. The van der Waals surface area contributed by atoms with Crippen LogP contribution in [0.15, 0.2) is 0 Å². The topological polar surface area (TPSA) is 34.1 Å². The molecule has 0 aromatic carbocycles. The molecule has 4 rings (SSSR count). The number of Topliss-reactive ketones (excluding diaryl/α,β-unsaturated/α-hetero) is 2. The van der Waals surface area contributed by atoms with Gasteiger partial charge in [0.1, 0.15) is 11.6 Å². The van der Waals surface area contributed by atoms with Gasteiger partial charge in [0.25, 0.3) is 0 Å². The Morgan fingerprint density at radius 2 is 1.73 bits per heavy atom. The lowest BCUT2D eigenvalue weighted by atomic mass is 9.44. The Kier molecular flexibility index (Phi) is 4.64. The molecule has 4 saturated carbocycles. The third-order valence-corrected chi connectivity index (χ3v) is 9.79. The summed E-state index contributed by atoms with van der Waals surface area (Å²) in [6.07, 6.45) is 10.9. The van der Waals surface area contributed by atoms with Gasteiger partial charge in [-0.1, -0.05) is 40.5 Å². The van der Waals surface area contributed by atoms with Gasteiger partial charge in [0.2, 0.25) is 0 Å². The van der Waals surface area contributed by atoms with Crippen LogP contribution in [0.1, 0.15) is 91.9 Å². The summed E-state index contributed by atoms with van der Waals surface area (Å²) in [6.45, 7) is 9.73. The van der Waals surface area contributed by atoms with E-state index in [0.717, 1.165) is 24.7 Å². The molecule has 0 spiro atoms. The number of ketones is 2. The number of rotatable bonds is 3. The first kappa shape index (κ1) is 18.7. The minimum atomic E-state index is 0.237. The van der Waals surface area contributed by atoms with E-state index in [9.17, 15) is 9.59 Å². The van der Waals surface area contributed by atoms with Crippen LogP contribution in [0.4, 0.5) is 0 Å². The van der Waals surface area contributed by atoms with Crippen LogP contribution in [-0.4, -0.2) is 11.6 Å². The summed E-state index contributed by atoms with van der Waals surface area (Å²) in [6, 6.07) is 0. The van der Waals surface area contributed by atoms with Crippen molar-refractivity contribution in [3.05, 3.63) is 0 Å². The van der Waals surface area contributed by atoms with E-state index in [4.69, 9.17) is 0 Å². The highest BCUT2D eigenvalue weighted by Crippen LogP contribution is 2.67. The Labute approximate surface area is 159 Å². The molecule has 2 nitrogen and oxygen atoms in total. The molecule has 0 aliphatic heterocycles. The van der Waals surface area contributed by atoms with Crippen molar-refractivity contribution in [2.75, 3.05) is 0 Å². The molecule has 0 bridgehead atoms. The molecular weight excluding hydrogens is 320 g/mol. The van der Waals surface area contributed by atoms with Crippen LogP contribution in [0.2, 0.25) is 0 Å². The smallest absolute Gasteiger partial charge is 0.136 e. The Morgan fingerprint density at radius 3 is 2.46 bits per heavy atom. The molecule has 0 unspecified atom stereocenters. The third kappa shape index (κ3) is 2.57. The first-order valence-electron chi connectivity index (χ1n) is 11.4. The average molecular weight is 359 g/mol. The van der Waals surface area contributed by atoms with E-state index in [1.165, 1.54) is 38.5 Å². The minimum Gasteiger partial charge on any atom is -0.300 e. The van der Waals surface area contributed by atoms with Gasteiger partial charge in [-0.2, -0.15) is 0 Å². The van der Waals surface area contributed by atoms with Crippen molar-refractivity contribution < 1.29 is 9.59 Å². The molecule has 4 aliphatic carbocycles. The van der Waals surface area contributed by atoms with Crippen molar-refractivity contribution in [1.29, 1.82) is 0 Å². The van der Waals surface area contributed by atoms with E-state index in [1.807, 2.05) is 0 Å². The molecule has 2 heteroatoms. The molecule has 0 saturated heterocycles. The molecule has 4 fully saturated rings. The second kappa shape index (κ2) is 6.45. The van der Waals surface area contributed by atoms with Crippen LogP contribution in [0.5, 0.6) is 0 Å². The molecule has 0 amide bonds. The highest BCUT2D eigenvalue weighted by Gasteiger charge is 2.62. The lowest BCUT2D eigenvalue weighted by Crippen LogP contribution is -2.57. The quantitative estimate of drug-likeness (QED) is 0.636. The molecular formula is C24H38O2. The maximum Gasteiger partial charge on any atom is 0.136 e. The van der Waals surface area contributed by atoms with Crippen LogP contribution in [-0.2, 0) is 9.59 Å². The summed E-state index contributed by atoms with van der Waals surface area (Å²) in [5.74, 6) is 4.29. The average Bonchev–Trinajstić information content (AvgIpc) is 2.94. The Hall–Kier alpha value is -0.660. The molecule has 4 aliphatic rings. The lowest BCUT2D eigenvalue weighted by molar-refractivity contribution is -0.159. The van der Waals surface area contributed by atoms with E-state index < -0.39 is 0 Å². The number of hydrogen-bond donors (Lipinski definition) is 0. The summed E-state index contributed by atoms with van der Waals surface area (Å²) in [7, 11) is 0. The summed E-state index contributed by atoms with van der Waals surface area (Å²) < 4.78 is 0. The van der Waals surface area contributed by atoms with Gasteiger partial charge in [0.05, 0.1) is 0 Å². The van der Waals surface area contributed by atoms with Crippen molar-refractivity contribution in [2.24, 2.45) is 46.3 Å². The van der Waals surface area contributed by atoms with Gasteiger partial charge in [-0.3, -0.25) is 9.59 Å². The predicted octanol–water partition coefficient (Wildman–Crippen LogP) is 5.83. The van der Waals surface area contributed by atoms with Crippen LogP contribution >= 0.6 is 0 Å². The molecule has 146 valence electrons. The molecule has 0 N–H and O–H groups in total. The van der Waals surface area contributed by atoms with Gasteiger partial charge in [-0.05, 0) is 72.5 Å². The normalized spacial score (nSPS) is 49.3. The summed E-state index contributed by atoms with van der Waals surface area (Å²) in [5.41, 5.74) is 0.611. The van der Waals surface area contributed by atoms with E-state index >= 15 is 0 Å². The number of fused-ring (bicyclic) bond motifs is 5. The minimum absolute atomic E-state index is 0.237. The van der Waals surface area contributed by atoms with E-state index in [-0.39, 0.29) is 5.41 Å². The molecule has 0 radical (unpaired) electrons. The zero-order valence-corrected chi connectivity index (χ0v) is 17.4. The van der Waals surface area contributed by atoms with Crippen molar-refractivity contribution in [3.63, 3.8) is 0 Å². The van der Waals surface area contributed by atoms with Crippen molar-refractivity contribution in [1.82, 2.24) is 0 Å². The van der Waals surface area contributed by atoms with E-state index in [0.29, 0.717) is 53.5 Å². The number of carbonyl (C=O) groups is 2. The zero-order chi connectivity index (χ0) is 18.7. The standard InChI is InChI=1S/C24H38O2/c1-5-6-15(2)18-7-8-19-22-20(10-12-24(18,19)4)23(3)11-9-17(25)13-16(23)14-21(22)26/h15-16,18-20,22H,5-14H2,1-4H3/t15-,16+,18-,19+,20+,22+,23+,24-/m1/s1. The SMILES string of the molecule is CCC[C@@H](C)[C@H]1CC[C@H]2[C@@H]3C(=O)C[C@@H]4CC(=O)CC[C@]4(C)[C@H]3CC[C@]12C. The fourth-order valence-electron chi connectivity index (χ4n) is 8.36. The van der Waals surface area contributed by atoms with Gasteiger partial charge in [-0.15, -0.1) is 0 Å². The molecule has 0 aromatic rings. The fraction of sp³-hybridized carbons (Fsp3) is 0.917. The lowest BCUT2D eigenvalue weighted by Gasteiger charge is -2.59. The highest BCUT2D eigenvalue weighted by molar-refractivity contribution is 5.86. The van der Waals surface area contributed by atoms with Crippen molar-refractivity contribution >= 4 is 11.6 Å². The Balaban J connectivity index is 1.63. The summed E-state index contributed by atoms with van der Waals surface area (Å²) in [5, 5.41) is 0. The van der Waals surface area contributed by atoms with Crippen molar-refractivity contribution in [2.45, 2.75) is 91.9 Å². The Bertz CT molecular complexity index is 595. The maximum atomic E-state index is 13.3. The molecule has 0 heterocycles. The number of carbonyl (C=O) groups excluding carboxylic acids is 2. The van der Waals surface area contributed by atoms with Gasteiger partial charge < -0.3 is 0 Å². The van der Waals surface area contributed by atoms with E-state index in [1.54, 1.807) is 0 Å². The maximum absolute atomic E-state index is 13.3. The van der Waals surface area contributed by atoms with Gasteiger partial charge >= 0.3 is 0 Å². The zero-order valence-electron chi connectivity index (χ0n) is 17.4. The largest absolute Gasteiger partial charge is 0.300 e. The van der Waals surface area contributed by atoms with Gasteiger partial charge in [0.15, 0.2) is 0 Å². The number of hydrogen-bond acceptors (Lipinski definition) is 2. The van der Waals surface area contributed by atoms with Gasteiger partial charge in [0, 0.05) is 25.2 Å². The molecule has 26 heavy (non-hydrogen) atoms. The highest BCUT2D eigenvalue weighted by atomic mass is 16.1. The second-order valence-electron chi connectivity index (χ2n) is 10.8. The summed E-state index contributed by atoms with van der Waals surface area (Å²) in [4.78, 5) is 25.3. The van der Waals surface area contributed by atoms with Crippen LogP contribution in [0.25, 0.3) is 0 Å². The second-order valence-corrected chi connectivity index (χ2v) is 10.8. The summed E-state index contributed by atoms with van der Waals surface area (Å²) >= 11 is 0. The van der Waals surface area contributed by atoms with Gasteiger partial charge in [-0.25, -0.2) is 0 Å². The van der Waals surface area contributed by atoms with E-state index in [2.05, 4.69) is 27.7 Å². The van der Waals surface area contributed by atoms with Crippen LogP contribution < -0.4 is 0 Å². The molecule has 8 atom stereocenters. The fourth-order valence-corrected chi connectivity index (χ4v) is 8.36. The first-order valence-corrected chi connectivity index (χ1v) is 11.4. The van der Waals surface area contributed by atoms with Crippen LogP contribution in [0, 0.1) is 46.3 Å². The third-order valence-electron chi connectivity index (χ3n) is 9.79. The monoisotopic (exact) mass is 358 g/mol. The van der Waals surface area contributed by atoms with Crippen LogP contribution in [0.3, 0.4) is 0 Å². The van der Waals surface area contributed by atoms with Crippen molar-refractivity contribution in [3.8, 4) is 0 Å². The molecule has 0 aromatic heterocycles. The Morgan fingerprint density at radius 1 is 1.00 bits per heavy atom.